The van der Waals surface area contributed by atoms with Gasteiger partial charge in [-0.2, -0.15) is 5.26 Å². The Balaban J connectivity index is 1.46. The van der Waals surface area contributed by atoms with Gasteiger partial charge in [-0.05, 0) is 19.4 Å². The van der Waals surface area contributed by atoms with E-state index in [9.17, 15) is 4.79 Å². The lowest BCUT2D eigenvalue weighted by Gasteiger charge is -2.44. The first kappa shape index (κ1) is 22.5. The van der Waals surface area contributed by atoms with E-state index in [0.29, 0.717) is 29.0 Å². The predicted molar refractivity (Wildman–Crippen MR) is 131 cm³/mol. The Hall–Kier alpha value is -3.29. The Morgan fingerprint density at radius 2 is 2.18 bits per heavy atom. The van der Waals surface area contributed by atoms with E-state index in [1.54, 1.807) is 29.3 Å². The zero-order chi connectivity index (χ0) is 24.0. The number of nitrogens with zero attached hydrogens (tertiary/aromatic N) is 7. The summed E-state index contributed by atoms with van der Waals surface area (Å²) in [5.74, 6) is -0.239. The number of nitriles is 1. The maximum atomic E-state index is 15.2. The van der Waals surface area contributed by atoms with Crippen LogP contribution in [0.4, 0.5) is 10.1 Å². The van der Waals surface area contributed by atoms with Crippen molar-refractivity contribution >= 4 is 32.9 Å². The standard InChI is InChI=1S/C24H26FN7OS/c1-4-17-13-30(15(2)18-5-6-20-23(22(18)25)27-14-34-20)9-10-31(17)19-11-21(33)29(3)32-12-16(7-8-26)28-24(19)32/h5-6,11-12,14-15,17H,4,7,9-10,13H2,1-3H3/t15?,17-/m0/s1. The molecule has 5 rings (SSSR count). The summed E-state index contributed by atoms with van der Waals surface area (Å²) in [6.07, 6.45) is 2.80. The lowest BCUT2D eigenvalue weighted by atomic mass is 10.0. The molecule has 3 aromatic heterocycles. The fourth-order valence-electron chi connectivity index (χ4n) is 4.91. The molecule has 0 radical (unpaired) electrons. The molecule has 1 fully saturated rings. The van der Waals surface area contributed by atoms with Crippen molar-refractivity contribution in [3.05, 3.63) is 57.3 Å². The summed E-state index contributed by atoms with van der Waals surface area (Å²) in [7, 11) is 1.70. The number of hydrogen-bond acceptors (Lipinski definition) is 7. The summed E-state index contributed by atoms with van der Waals surface area (Å²) in [6, 6.07) is 7.62. The molecule has 34 heavy (non-hydrogen) atoms. The van der Waals surface area contributed by atoms with E-state index in [0.717, 1.165) is 29.9 Å². The average molecular weight is 480 g/mol. The molecule has 0 N–H and O–H groups in total. The van der Waals surface area contributed by atoms with Gasteiger partial charge in [0.1, 0.15) is 5.52 Å². The number of hydrogen-bond donors (Lipinski definition) is 0. The van der Waals surface area contributed by atoms with Crippen LogP contribution >= 0.6 is 11.3 Å². The molecule has 0 aliphatic carbocycles. The molecule has 1 unspecified atom stereocenters. The molecule has 1 aliphatic rings. The second-order valence-electron chi connectivity index (χ2n) is 8.72. The van der Waals surface area contributed by atoms with Crippen LogP contribution in [0.1, 0.15) is 37.6 Å². The van der Waals surface area contributed by atoms with Crippen LogP contribution in [0.5, 0.6) is 0 Å². The van der Waals surface area contributed by atoms with Gasteiger partial charge in [0.25, 0.3) is 5.56 Å². The van der Waals surface area contributed by atoms with Crippen LogP contribution in [0.3, 0.4) is 0 Å². The number of halogens is 1. The van der Waals surface area contributed by atoms with Crippen LogP contribution in [0.2, 0.25) is 0 Å². The number of piperazine rings is 1. The third kappa shape index (κ3) is 3.65. The van der Waals surface area contributed by atoms with Gasteiger partial charge >= 0.3 is 0 Å². The second-order valence-corrected chi connectivity index (χ2v) is 9.61. The SMILES string of the molecule is CC[C@H]1CN(C(C)c2ccc3scnc3c2F)CCN1c1cc(=O)n(C)n2cc(CC#N)nc12. The first-order chi connectivity index (χ1) is 16.4. The summed E-state index contributed by atoms with van der Waals surface area (Å²) in [5.41, 5.74) is 4.73. The number of fused-ring (bicyclic) bond motifs is 2. The second kappa shape index (κ2) is 8.81. The van der Waals surface area contributed by atoms with Gasteiger partial charge in [0.15, 0.2) is 11.5 Å². The third-order valence-corrected chi connectivity index (χ3v) is 7.69. The Kier molecular flexibility index (Phi) is 5.83. The van der Waals surface area contributed by atoms with Crippen molar-refractivity contribution < 1.29 is 4.39 Å². The Bertz CT molecular complexity index is 1470. The lowest BCUT2D eigenvalue weighted by Crippen LogP contribution is -2.54. The molecule has 0 saturated carbocycles. The van der Waals surface area contributed by atoms with Crippen molar-refractivity contribution in [1.82, 2.24) is 24.1 Å². The van der Waals surface area contributed by atoms with E-state index in [1.165, 1.54) is 16.0 Å². The average Bonchev–Trinajstić information content (AvgIpc) is 3.49. The van der Waals surface area contributed by atoms with Gasteiger partial charge in [0.05, 0.1) is 40.3 Å². The minimum atomic E-state index is -0.239. The van der Waals surface area contributed by atoms with Crippen LogP contribution in [0.15, 0.2) is 34.7 Å². The summed E-state index contributed by atoms with van der Waals surface area (Å²) >= 11 is 1.44. The van der Waals surface area contributed by atoms with Crippen molar-refractivity contribution in [3.63, 3.8) is 0 Å². The number of aromatic nitrogens is 4. The highest BCUT2D eigenvalue weighted by atomic mass is 32.1. The zero-order valence-electron chi connectivity index (χ0n) is 19.4. The summed E-state index contributed by atoms with van der Waals surface area (Å²) in [5, 5.41) is 9.09. The van der Waals surface area contributed by atoms with Gasteiger partial charge in [-0.15, -0.1) is 11.3 Å². The first-order valence-electron chi connectivity index (χ1n) is 11.4. The monoisotopic (exact) mass is 479 g/mol. The number of aryl methyl sites for hydroxylation is 1. The van der Waals surface area contributed by atoms with E-state index in [1.807, 2.05) is 19.1 Å². The predicted octanol–water partition coefficient (Wildman–Crippen LogP) is 3.51. The van der Waals surface area contributed by atoms with Gasteiger partial charge in [0, 0.05) is 50.4 Å². The lowest BCUT2D eigenvalue weighted by molar-refractivity contribution is 0.166. The highest BCUT2D eigenvalue weighted by Crippen LogP contribution is 2.33. The molecule has 1 aromatic carbocycles. The van der Waals surface area contributed by atoms with Crippen LogP contribution < -0.4 is 10.5 Å². The number of benzene rings is 1. The maximum absolute atomic E-state index is 15.2. The first-order valence-corrected chi connectivity index (χ1v) is 12.3. The van der Waals surface area contributed by atoms with Crippen molar-refractivity contribution in [1.29, 1.82) is 5.26 Å². The van der Waals surface area contributed by atoms with E-state index in [2.05, 4.69) is 32.8 Å². The zero-order valence-corrected chi connectivity index (χ0v) is 20.2. The van der Waals surface area contributed by atoms with Gasteiger partial charge in [-0.1, -0.05) is 13.0 Å². The van der Waals surface area contributed by atoms with Crippen LogP contribution in [0.25, 0.3) is 15.9 Å². The molecule has 0 amide bonds. The van der Waals surface area contributed by atoms with Crippen LogP contribution in [0, 0.1) is 17.1 Å². The quantitative estimate of drug-likeness (QED) is 0.436. The van der Waals surface area contributed by atoms with Crippen molar-refractivity contribution in [2.24, 2.45) is 7.05 Å². The van der Waals surface area contributed by atoms with E-state index >= 15 is 4.39 Å². The smallest absolute Gasteiger partial charge is 0.267 e. The number of rotatable bonds is 5. The topological polar surface area (TPSA) is 82.5 Å². The highest BCUT2D eigenvalue weighted by molar-refractivity contribution is 7.16. The minimum absolute atomic E-state index is 0.0976. The van der Waals surface area contributed by atoms with Gasteiger partial charge in [0.2, 0.25) is 0 Å². The highest BCUT2D eigenvalue weighted by Gasteiger charge is 2.32. The Labute approximate surface area is 200 Å². The third-order valence-electron chi connectivity index (χ3n) is 6.89. The fourth-order valence-corrected chi connectivity index (χ4v) is 5.58. The molecule has 1 saturated heterocycles. The van der Waals surface area contributed by atoms with Gasteiger partial charge < -0.3 is 4.90 Å². The fraction of sp³-hybridized carbons (Fsp3) is 0.417. The van der Waals surface area contributed by atoms with E-state index < -0.39 is 0 Å². The molecule has 1 aliphatic heterocycles. The Morgan fingerprint density at radius 3 is 2.94 bits per heavy atom. The van der Waals surface area contributed by atoms with Crippen molar-refractivity contribution in [2.75, 3.05) is 24.5 Å². The molecule has 176 valence electrons. The van der Waals surface area contributed by atoms with E-state index in [4.69, 9.17) is 5.26 Å². The van der Waals surface area contributed by atoms with Crippen LogP contribution in [-0.2, 0) is 13.5 Å². The maximum Gasteiger partial charge on any atom is 0.267 e. The van der Waals surface area contributed by atoms with Gasteiger partial charge in [-0.25, -0.2) is 23.6 Å². The van der Waals surface area contributed by atoms with E-state index in [-0.39, 0.29) is 29.9 Å². The van der Waals surface area contributed by atoms with Crippen molar-refractivity contribution in [3.8, 4) is 6.07 Å². The molecule has 4 aromatic rings. The van der Waals surface area contributed by atoms with Gasteiger partial charge in [-0.3, -0.25) is 9.69 Å². The number of anilines is 1. The summed E-state index contributed by atoms with van der Waals surface area (Å²) < 4.78 is 19.3. The number of imidazole rings is 1. The number of thiazole rings is 1. The summed E-state index contributed by atoms with van der Waals surface area (Å²) in [4.78, 5) is 26.1. The minimum Gasteiger partial charge on any atom is -0.363 e. The normalized spacial score (nSPS) is 18.0. The molecule has 0 spiro atoms. The molecule has 4 heterocycles. The molecular formula is C24H26FN7OS. The van der Waals surface area contributed by atoms with Crippen molar-refractivity contribution in [2.45, 2.75) is 38.8 Å². The molecule has 2 atom stereocenters. The van der Waals surface area contributed by atoms with Crippen LogP contribution in [-0.4, -0.2) is 49.7 Å². The Morgan fingerprint density at radius 1 is 1.35 bits per heavy atom. The molecular weight excluding hydrogens is 453 g/mol. The molecule has 10 heteroatoms. The molecule has 8 nitrogen and oxygen atoms in total. The summed E-state index contributed by atoms with van der Waals surface area (Å²) in [6.45, 7) is 6.31. The molecule has 0 bridgehead atoms. The largest absolute Gasteiger partial charge is 0.363 e.